The minimum absolute atomic E-state index is 0.267. The van der Waals surface area contributed by atoms with Crippen molar-refractivity contribution in [3.63, 3.8) is 0 Å². The van der Waals surface area contributed by atoms with Crippen molar-refractivity contribution in [1.82, 2.24) is 4.90 Å². The van der Waals surface area contributed by atoms with Crippen molar-refractivity contribution >= 4 is 0 Å². The maximum atomic E-state index is 5.90. The molecule has 0 N–H and O–H groups in total. The third-order valence-corrected chi connectivity index (χ3v) is 3.29. The van der Waals surface area contributed by atoms with E-state index in [2.05, 4.69) is 25.7 Å². The van der Waals surface area contributed by atoms with Gasteiger partial charge in [-0.15, -0.1) is 0 Å². The second-order valence-corrected chi connectivity index (χ2v) is 6.16. The van der Waals surface area contributed by atoms with Gasteiger partial charge in [-0.1, -0.05) is 20.8 Å². The third kappa shape index (κ3) is 2.29. The number of rotatable bonds is 1. The van der Waals surface area contributed by atoms with Gasteiger partial charge in [0.2, 0.25) is 0 Å². The lowest BCUT2D eigenvalue weighted by Crippen LogP contribution is -2.56. The van der Waals surface area contributed by atoms with Crippen molar-refractivity contribution in [2.45, 2.75) is 45.6 Å². The lowest BCUT2D eigenvalue weighted by atomic mass is 9.78. The predicted molar refractivity (Wildman–Crippen MR) is 58.4 cm³/mol. The first-order valence-corrected chi connectivity index (χ1v) is 5.86. The van der Waals surface area contributed by atoms with Gasteiger partial charge < -0.3 is 4.74 Å². The number of hydrogen-bond acceptors (Lipinski definition) is 2. The Kier molecular flexibility index (Phi) is 2.61. The molecule has 0 aromatic rings. The van der Waals surface area contributed by atoms with Crippen LogP contribution in [-0.4, -0.2) is 36.7 Å². The number of nitrogens with zero attached hydrogens (tertiary/aromatic N) is 1. The van der Waals surface area contributed by atoms with E-state index in [0.717, 1.165) is 13.2 Å². The van der Waals surface area contributed by atoms with Crippen LogP contribution < -0.4 is 0 Å². The van der Waals surface area contributed by atoms with Crippen molar-refractivity contribution in [3.8, 4) is 0 Å². The molecule has 2 rings (SSSR count). The highest BCUT2D eigenvalue weighted by Gasteiger charge is 2.42. The zero-order chi connectivity index (χ0) is 10.2. The molecule has 1 spiro atoms. The van der Waals surface area contributed by atoms with E-state index >= 15 is 0 Å². The molecular formula is C12H23NO. The molecule has 1 saturated heterocycles. The van der Waals surface area contributed by atoms with Crippen LogP contribution in [0, 0.1) is 5.41 Å². The Morgan fingerprint density at radius 3 is 2.50 bits per heavy atom. The van der Waals surface area contributed by atoms with Gasteiger partial charge in [0, 0.05) is 19.6 Å². The smallest absolute Gasteiger partial charge is 0.0809 e. The van der Waals surface area contributed by atoms with E-state index in [1.54, 1.807) is 0 Å². The van der Waals surface area contributed by atoms with E-state index in [0.29, 0.717) is 5.41 Å². The van der Waals surface area contributed by atoms with E-state index in [1.807, 2.05) is 0 Å². The summed E-state index contributed by atoms with van der Waals surface area (Å²) in [6.45, 7) is 11.4. The second-order valence-electron chi connectivity index (χ2n) is 6.16. The normalized spacial score (nSPS) is 27.6. The van der Waals surface area contributed by atoms with Crippen molar-refractivity contribution in [1.29, 1.82) is 0 Å². The van der Waals surface area contributed by atoms with Crippen LogP contribution in [0.2, 0.25) is 0 Å². The Morgan fingerprint density at radius 2 is 2.00 bits per heavy atom. The first-order valence-electron chi connectivity index (χ1n) is 5.86. The lowest BCUT2D eigenvalue weighted by Gasteiger charge is -2.49. The predicted octanol–water partition coefficient (Wildman–Crippen LogP) is 2.29. The van der Waals surface area contributed by atoms with Gasteiger partial charge in [-0.2, -0.15) is 0 Å². The van der Waals surface area contributed by atoms with Crippen LogP contribution in [-0.2, 0) is 4.74 Å². The molecule has 14 heavy (non-hydrogen) atoms. The second kappa shape index (κ2) is 3.49. The van der Waals surface area contributed by atoms with E-state index in [-0.39, 0.29) is 5.60 Å². The molecule has 0 aromatic heterocycles. The molecule has 1 saturated carbocycles. The van der Waals surface area contributed by atoms with Crippen LogP contribution in [0.25, 0.3) is 0 Å². The Morgan fingerprint density at radius 1 is 1.29 bits per heavy atom. The Balaban J connectivity index is 1.88. The fourth-order valence-electron chi connectivity index (χ4n) is 2.60. The van der Waals surface area contributed by atoms with Crippen LogP contribution in [0.15, 0.2) is 0 Å². The highest BCUT2D eigenvalue weighted by atomic mass is 16.5. The van der Waals surface area contributed by atoms with Gasteiger partial charge in [-0.05, 0) is 24.7 Å². The Bertz CT molecular complexity index is 203. The van der Waals surface area contributed by atoms with Crippen LogP contribution in [0.3, 0.4) is 0 Å². The lowest BCUT2D eigenvalue weighted by molar-refractivity contribution is -0.154. The fraction of sp³-hybridized carbons (Fsp3) is 1.00. The molecule has 2 fully saturated rings. The molecule has 0 bridgehead atoms. The molecule has 2 heteroatoms. The first kappa shape index (κ1) is 10.4. The average molecular weight is 197 g/mol. The summed E-state index contributed by atoms with van der Waals surface area (Å²) in [6, 6.07) is 0. The van der Waals surface area contributed by atoms with E-state index < -0.39 is 0 Å². The summed E-state index contributed by atoms with van der Waals surface area (Å²) in [7, 11) is 0. The zero-order valence-corrected chi connectivity index (χ0v) is 9.81. The molecule has 0 atom stereocenters. The summed E-state index contributed by atoms with van der Waals surface area (Å²) in [5.41, 5.74) is 0.686. The maximum absolute atomic E-state index is 5.90. The topological polar surface area (TPSA) is 12.5 Å². The molecule has 0 aromatic carbocycles. The monoisotopic (exact) mass is 197 g/mol. The summed E-state index contributed by atoms with van der Waals surface area (Å²) < 4.78 is 5.90. The molecule has 1 aliphatic heterocycles. The van der Waals surface area contributed by atoms with Gasteiger partial charge >= 0.3 is 0 Å². The van der Waals surface area contributed by atoms with Crippen molar-refractivity contribution in [2.24, 2.45) is 5.41 Å². The first-order chi connectivity index (χ1) is 6.49. The van der Waals surface area contributed by atoms with E-state index in [4.69, 9.17) is 4.74 Å². The quantitative estimate of drug-likeness (QED) is 0.639. The van der Waals surface area contributed by atoms with Gasteiger partial charge in [0.05, 0.1) is 12.2 Å². The zero-order valence-electron chi connectivity index (χ0n) is 9.81. The minimum Gasteiger partial charge on any atom is -0.372 e. The number of ether oxygens (including phenoxy) is 1. The summed E-state index contributed by atoms with van der Waals surface area (Å²) >= 11 is 0. The molecule has 2 nitrogen and oxygen atoms in total. The van der Waals surface area contributed by atoms with Gasteiger partial charge in [-0.3, -0.25) is 4.90 Å². The van der Waals surface area contributed by atoms with Crippen molar-refractivity contribution in [2.75, 3.05) is 26.2 Å². The van der Waals surface area contributed by atoms with Gasteiger partial charge in [0.1, 0.15) is 0 Å². The number of morpholine rings is 1. The summed E-state index contributed by atoms with van der Waals surface area (Å²) in [6.07, 6.45) is 3.94. The molecule has 1 heterocycles. The average Bonchev–Trinajstić information content (AvgIpc) is 1.99. The van der Waals surface area contributed by atoms with Crippen molar-refractivity contribution < 1.29 is 4.74 Å². The fourth-order valence-corrected chi connectivity index (χ4v) is 2.60. The van der Waals surface area contributed by atoms with E-state index in [1.165, 1.54) is 32.4 Å². The van der Waals surface area contributed by atoms with Crippen LogP contribution >= 0.6 is 0 Å². The molecular weight excluding hydrogens is 174 g/mol. The Hall–Kier alpha value is -0.0800. The highest BCUT2D eigenvalue weighted by Crippen LogP contribution is 2.38. The largest absolute Gasteiger partial charge is 0.372 e. The molecule has 0 unspecified atom stereocenters. The van der Waals surface area contributed by atoms with Crippen LogP contribution in [0.5, 0.6) is 0 Å². The molecule has 82 valence electrons. The standard InChI is InChI=1S/C12H23NO/c1-11(2,3)9-13-7-8-14-12(10-13)5-4-6-12/h4-10H2,1-3H3. The minimum atomic E-state index is 0.267. The van der Waals surface area contributed by atoms with Crippen LogP contribution in [0.1, 0.15) is 40.0 Å². The summed E-state index contributed by atoms with van der Waals surface area (Å²) in [5, 5.41) is 0. The number of hydrogen-bond donors (Lipinski definition) is 0. The van der Waals surface area contributed by atoms with Crippen LogP contribution in [0.4, 0.5) is 0 Å². The highest BCUT2D eigenvalue weighted by molar-refractivity contribution is 4.95. The SMILES string of the molecule is CC(C)(C)CN1CCOC2(CCC2)C1. The van der Waals surface area contributed by atoms with Gasteiger partial charge in [0.15, 0.2) is 0 Å². The molecule has 2 aliphatic rings. The third-order valence-electron chi connectivity index (χ3n) is 3.29. The molecule has 0 amide bonds. The van der Waals surface area contributed by atoms with Gasteiger partial charge in [0.25, 0.3) is 0 Å². The van der Waals surface area contributed by atoms with Gasteiger partial charge in [-0.25, -0.2) is 0 Å². The molecule has 1 aliphatic carbocycles. The van der Waals surface area contributed by atoms with Crippen molar-refractivity contribution in [3.05, 3.63) is 0 Å². The maximum Gasteiger partial charge on any atom is 0.0809 e. The van der Waals surface area contributed by atoms with E-state index in [9.17, 15) is 0 Å². The molecule has 0 radical (unpaired) electrons. The Labute approximate surface area is 87.6 Å². The summed E-state index contributed by atoms with van der Waals surface area (Å²) in [5.74, 6) is 0. The summed E-state index contributed by atoms with van der Waals surface area (Å²) in [4.78, 5) is 2.59.